The fourth-order valence-corrected chi connectivity index (χ4v) is 4.03. The van der Waals surface area contributed by atoms with Crippen molar-refractivity contribution in [1.82, 2.24) is 9.97 Å². The molecule has 2 aromatic carbocycles. The normalized spacial score (nSPS) is 12.8. The minimum Gasteiger partial charge on any atom is -0.277 e. The molecule has 0 fully saturated rings. The van der Waals surface area contributed by atoms with E-state index in [0.29, 0.717) is 0 Å². The lowest BCUT2D eigenvalue weighted by Gasteiger charge is -2.30. The second kappa shape index (κ2) is 5.35. The minimum atomic E-state index is 0.890. The van der Waals surface area contributed by atoms with Crippen molar-refractivity contribution in [3.05, 3.63) is 79.0 Å². The highest BCUT2D eigenvalue weighted by Crippen LogP contribution is 2.49. The molecule has 2 aromatic heterocycles. The molecule has 0 radical (unpaired) electrons. The number of nitrogens with zero attached hydrogens (tertiary/aromatic N) is 3. The Hall–Kier alpha value is -2.85. The molecule has 4 heteroatoms. The van der Waals surface area contributed by atoms with Crippen LogP contribution in [0.4, 0.5) is 17.3 Å². The van der Waals surface area contributed by atoms with Gasteiger partial charge >= 0.3 is 0 Å². The zero-order valence-electron chi connectivity index (χ0n) is 12.8. The predicted octanol–water partition coefficient (Wildman–Crippen LogP) is 5.56. The third kappa shape index (κ3) is 2.07. The molecule has 1 aliphatic rings. The summed E-state index contributed by atoms with van der Waals surface area (Å²) in [6, 6.07) is 24.8. The maximum absolute atomic E-state index is 4.87. The van der Waals surface area contributed by atoms with Gasteiger partial charge in [0.1, 0.15) is 5.82 Å². The first kappa shape index (κ1) is 13.6. The number of hydrogen-bond donors (Lipinski definition) is 0. The van der Waals surface area contributed by atoms with Crippen LogP contribution < -0.4 is 4.90 Å². The van der Waals surface area contributed by atoms with Crippen molar-refractivity contribution < 1.29 is 0 Å². The van der Waals surface area contributed by atoms with Gasteiger partial charge in [-0.2, -0.15) is 0 Å². The molecule has 0 unspecified atom stereocenters. The molecule has 0 atom stereocenters. The maximum atomic E-state index is 4.87. The summed E-state index contributed by atoms with van der Waals surface area (Å²) in [6.45, 7) is 0. The van der Waals surface area contributed by atoms with Crippen LogP contribution in [0.2, 0.25) is 0 Å². The summed E-state index contributed by atoms with van der Waals surface area (Å²) < 4.78 is 0. The first-order valence-electron chi connectivity index (χ1n) is 7.78. The van der Waals surface area contributed by atoms with Crippen molar-refractivity contribution in [2.75, 3.05) is 4.90 Å². The van der Waals surface area contributed by atoms with Gasteiger partial charge in [-0.15, -0.1) is 0 Å². The molecule has 1 aliphatic heterocycles. The van der Waals surface area contributed by atoms with E-state index in [1.165, 1.54) is 4.90 Å². The molecule has 0 spiro atoms. The first-order valence-corrected chi connectivity index (χ1v) is 8.60. The number of rotatable bonds is 1. The van der Waals surface area contributed by atoms with E-state index in [4.69, 9.17) is 4.98 Å². The summed E-state index contributed by atoms with van der Waals surface area (Å²) in [5, 5.41) is 1.14. The van der Waals surface area contributed by atoms with Crippen molar-refractivity contribution >= 4 is 40.0 Å². The Morgan fingerprint density at radius 2 is 1.58 bits per heavy atom. The van der Waals surface area contributed by atoms with Crippen LogP contribution in [0.1, 0.15) is 0 Å². The van der Waals surface area contributed by atoms with Crippen molar-refractivity contribution in [1.29, 1.82) is 0 Å². The van der Waals surface area contributed by atoms with Gasteiger partial charge in [-0.25, -0.2) is 9.97 Å². The van der Waals surface area contributed by atoms with Gasteiger partial charge in [0, 0.05) is 16.5 Å². The summed E-state index contributed by atoms with van der Waals surface area (Å²) in [5.74, 6) is 1.82. The molecular formula is C20H13N3S. The smallest absolute Gasteiger partial charge is 0.152 e. The highest BCUT2D eigenvalue weighted by molar-refractivity contribution is 7.99. The van der Waals surface area contributed by atoms with Crippen LogP contribution in [-0.4, -0.2) is 9.97 Å². The summed E-state index contributed by atoms with van der Waals surface area (Å²) in [6.07, 6.45) is 1.83. The molecule has 0 aliphatic carbocycles. The molecule has 0 N–H and O–H groups in total. The molecule has 4 aromatic rings. The number of para-hydroxylation sites is 2. The molecule has 5 rings (SSSR count). The largest absolute Gasteiger partial charge is 0.277 e. The Kier molecular flexibility index (Phi) is 3.03. The van der Waals surface area contributed by atoms with E-state index < -0.39 is 0 Å². The topological polar surface area (TPSA) is 29.0 Å². The summed E-state index contributed by atoms with van der Waals surface area (Å²) in [7, 11) is 0. The average molecular weight is 327 g/mol. The lowest BCUT2D eigenvalue weighted by atomic mass is 10.2. The number of pyridine rings is 2. The minimum absolute atomic E-state index is 0.890. The van der Waals surface area contributed by atoms with E-state index >= 15 is 0 Å². The van der Waals surface area contributed by atoms with Crippen LogP contribution in [0.25, 0.3) is 10.9 Å². The SMILES string of the molecule is c1ccc2c(c1)Sc1cccnc1N2c1ccc2ccccc2n1. The Balaban J connectivity index is 1.77. The van der Waals surface area contributed by atoms with E-state index in [1.54, 1.807) is 11.8 Å². The van der Waals surface area contributed by atoms with Crippen LogP contribution in [0.3, 0.4) is 0 Å². The van der Waals surface area contributed by atoms with Crippen molar-refractivity contribution in [2.45, 2.75) is 9.79 Å². The second-order valence-corrected chi connectivity index (χ2v) is 6.68. The number of hydrogen-bond acceptors (Lipinski definition) is 4. The molecule has 24 heavy (non-hydrogen) atoms. The number of benzene rings is 2. The summed E-state index contributed by atoms with van der Waals surface area (Å²) in [4.78, 5) is 14.0. The molecule has 114 valence electrons. The van der Waals surface area contributed by atoms with Gasteiger partial charge in [0.05, 0.1) is 16.1 Å². The van der Waals surface area contributed by atoms with Crippen LogP contribution in [0, 0.1) is 0 Å². The number of aromatic nitrogens is 2. The van der Waals surface area contributed by atoms with Gasteiger partial charge in [-0.05, 0) is 42.5 Å². The molecule has 3 nitrogen and oxygen atoms in total. The lowest BCUT2D eigenvalue weighted by Crippen LogP contribution is -2.17. The van der Waals surface area contributed by atoms with Crippen LogP contribution >= 0.6 is 11.8 Å². The molecule has 0 amide bonds. The Bertz CT molecular complexity index is 1020. The standard InChI is InChI=1S/C20H13N3S/c1-2-7-15-14(6-1)11-12-19(22-15)23-16-8-3-4-9-17(16)24-18-10-5-13-21-20(18)23/h1-13H. The highest BCUT2D eigenvalue weighted by Gasteiger charge is 2.26. The first-order chi connectivity index (χ1) is 11.9. The van der Waals surface area contributed by atoms with Gasteiger partial charge < -0.3 is 0 Å². The van der Waals surface area contributed by atoms with E-state index in [1.807, 2.05) is 30.5 Å². The highest BCUT2D eigenvalue weighted by atomic mass is 32.2. The zero-order valence-corrected chi connectivity index (χ0v) is 13.6. The second-order valence-electron chi connectivity index (χ2n) is 5.59. The van der Waals surface area contributed by atoms with E-state index in [2.05, 4.69) is 58.4 Å². The Labute approximate surface area is 144 Å². The molecule has 3 heterocycles. The molecule has 0 saturated heterocycles. The van der Waals surface area contributed by atoms with E-state index in [9.17, 15) is 0 Å². The van der Waals surface area contributed by atoms with Crippen molar-refractivity contribution in [3.8, 4) is 0 Å². The molecule has 0 saturated carbocycles. The zero-order chi connectivity index (χ0) is 15.9. The average Bonchev–Trinajstić information content (AvgIpc) is 2.65. The third-order valence-corrected chi connectivity index (χ3v) is 5.21. The van der Waals surface area contributed by atoms with Gasteiger partial charge in [0.25, 0.3) is 0 Å². The van der Waals surface area contributed by atoms with E-state index in [0.717, 1.165) is 33.1 Å². The Morgan fingerprint density at radius 3 is 2.58 bits per heavy atom. The van der Waals surface area contributed by atoms with Crippen LogP contribution in [0.5, 0.6) is 0 Å². The Morgan fingerprint density at radius 1 is 0.750 bits per heavy atom. The predicted molar refractivity (Wildman–Crippen MR) is 98.3 cm³/mol. The lowest BCUT2D eigenvalue weighted by molar-refractivity contribution is 1.06. The van der Waals surface area contributed by atoms with Crippen molar-refractivity contribution in [3.63, 3.8) is 0 Å². The van der Waals surface area contributed by atoms with Gasteiger partial charge in [-0.1, -0.05) is 42.1 Å². The fraction of sp³-hybridized carbons (Fsp3) is 0. The maximum Gasteiger partial charge on any atom is 0.152 e. The van der Waals surface area contributed by atoms with Crippen LogP contribution in [0.15, 0.2) is 88.8 Å². The van der Waals surface area contributed by atoms with E-state index in [-0.39, 0.29) is 0 Å². The third-order valence-electron chi connectivity index (χ3n) is 4.10. The number of anilines is 3. The summed E-state index contributed by atoms with van der Waals surface area (Å²) >= 11 is 1.75. The quantitative estimate of drug-likeness (QED) is 0.403. The molecule has 0 bridgehead atoms. The summed E-state index contributed by atoms with van der Waals surface area (Å²) in [5.41, 5.74) is 2.11. The number of fused-ring (bicyclic) bond motifs is 3. The monoisotopic (exact) mass is 327 g/mol. The van der Waals surface area contributed by atoms with Crippen LogP contribution in [-0.2, 0) is 0 Å². The fourth-order valence-electron chi connectivity index (χ4n) is 3.00. The van der Waals surface area contributed by atoms with Gasteiger partial charge in [0.2, 0.25) is 0 Å². The van der Waals surface area contributed by atoms with Gasteiger partial charge in [0.15, 0.2) is 5.82 Å². The molecular weight excluding hydrogens is 314 g/mol. The van der Waals surface area contributed by atoms with Gasteiger partial charge in [-0.3, -0.25) is 4.90 Å². The van der Waals surface area contributed by atoms with Crippen molar-refractivity contribution in [2.24, 2.45) is 0 Å².